The summed E-state index contributed by atoms with van der Waals surface area (Å²) in [6, 6.07) is 11.9. The maximum Gasteiger partial charge on any atom is 0.161 e. The van der Waals surface area contributed by atoms with Gasteiger partial charge >= 0.3 is 0 Å². The molecule has 0 radical (unpaired) electrons. The maximum absolute atomic E-state index is 5.37. The largest absolute Gasteiger partial charge is 0.493 e. The van der Waals surface area contributed by atoms with E-state index in [1.807, 2.05) is 49.5 Å². The van der Waals surface area contributed by atoms with Crippen LogP contribution in [0, 0.1) is 0 Å². The lowest BCUT2D eigenvalue weighted by Gasteiger charge is -2.34. The van der Waals surface area contributed by atoms with E-state index in [9.17, 15) is 0 Å². The molecule has 0 atom stereocenters. The summed E-state index contributed by atoms with van der Waals surface area (Å²) in [5.74, 6) is 2.47. The monoisotopic (exact) mass is 340 g/mol. The third-order valence-corrected chi connectivity index (χ3v) is 4.32. The van der Waals surface area contributed by atoms with Gasteiger partial charge in [-0.25, -0.2) is 4.98 Å². The summed E-state index contributed by atoms with van der Waals surface area (Å²) in [4.78, 5) is 6.71. The SMILES string of the molecule is COc1ccc(C(C)=NN2CCN(c3ccccn3)CC2)cc1OC. The fourth-order valence-corrected chi connectivity index (χ4v) is 2.90. The van der Waals surface area contributed by atoms with Crippen LogP contribution in [0.15, 0.2) is 47.7 Å². The molecular formula is C19H24N4O2. The molecule has 1 aliphatic heterocycles. The van der Waals surface area contributed by atoms with E-state index in [1.165, 1.54) is 0 Å². The van der Waals surface area contributed by atoms with Crippen molar-refractivity contribution in [2.24, 2.45) is 5.10 Å². The number of pyridine rings is 1. The van der Waals surface area contributed by atoms with E-state index >= 15 is 0 Å². The topological polar surface area (TPSA) is 50.2 Å². The number of ether oxygens (including phenoxy) is 2. The van der Waals surface area contributed by atoms with Gasteiger partial charge in [0.05, 0.1) is 33.0 Å². The van der Waals surface area contributed by atoms with E-state index in [0.29, 0.717) is 0 Å². The van der Waals surface area contributed by atoms with Gasteiger partial charge in [-0.05, 0) is 37.3 Å². The van der Waals surface area contributed by atoms with Gasteiger partial charge in [-0.3, -0.25) is 5.01 Å². The van der Waals surface area contributed by atoms with Gasteiger partial charge in [-0.1, -0.05) is 6.07 Å². The lowest BCUT2D eigenvalue weighted by Crippen LogP contribution is -2.44. The molecule has 0 spiro atoms. The van der Waals surface area contributed by atoms with Crippen molar-refractivity contribution >= 4 is 11.5 Å². The molecule has 6 heteroatoms. The molecule has 3 rings (SSSR count). The Bertz CT molecular complexity index is 725. The second-order valence-corrected chi connectivity index (χ2v) is 5.88. The lowest BCUT2D eigenvalue weighted by molar-refractivity contribution is 0.270. The first-order valence-corrected chi connectivity index (χ1v) is 8.40. The summed E-state index contributed by atoms with van der Waals surface area (Å²) in [7, 11) is 3.28. The zero-order valence-electron chi connectivity index (χ0n) is 15.0. The van der Waals surface area contributed by atoms with Crippen LogP contribution in [0.1, 0.15) is 12.5 Å². The summed E-state index contributed by atoms with van der Waals surface area (Å²) in [6.45, 7) is 5.61. The summed E-state index contributed by atoms with van der Waals surface area (Å²) in [5, 5.41) is 6.89. The third kappa shape index (κ3) is 4.02. The van der Waals surface area contributed by atoms with E-state index in [-0.39, 0.29) is 0 Å². The highest BCUT2D eigenvalue weighted by Gasteiger charge is 2.17. The van der Waals surface area contributed by atoms with Crippen LogP contribution in [0.4, 0.5) is 5.82 Å². The highest BCUT2D eigenvalue weighted by molar-refractivity contribution is 5.99. The fourth-order valence-electron chi connectivity index (χ4n) is 2.90. The van der Waals surface area contributed by atoms with E-state index < -0.39 is 0 Å². The highest BCUT2D eigenvalue weighted by atomic mass is 16.5. The van der Waals surface area contributed by atoms with E-state index in [1.54, 1.807) is 14.2 Å². The molecule has 1 fully saturated rings. The first-order valence-electron chi connectivity index (χ1n) is 8.40. The first kappa shape index (κ1) is 17.1. The number of hydrazone groups is 1. The van der Waals surface area contributed by atoms with Crippen molar-refractivity contribution in [3.05, 3.63) is 48.2 Å². The molecule has 1 saturated heterocycles. The van der Waals surface area contributed by atoms with Gasteiger partial charge in [0.2, 0.25) is 0 Å². The van der Waals surface area contributed by atoms with Crippen molar-refractivity contribution in [2.45, 2.75) is 6.92 Å². The molecule has 1 aromatic heterocycles. The van der Waals surface area contributed by atoms with Gasteiger partial charge in [0, 0.05) is 24.8 Å². The molecule has 2 aromatic rings. The standard InChI is InChI=1S/C19H24N4O2/c1-15(16-7-8-17(24-2)18(14-16)25-3)21-23-12-10-22(11-13-23)19-6-4-5-9-20-19/h4-9,14H,10-13H2,1-3H3. The predicted molar refractivity (Wildman–Crippen MR) is 99.8 cm³/mol. The maximum atomic E-state index is 5.37. The molecule has 0 bridgehead atoms. The first-order chi connectivity index (χ1) is 12.2. The molecule has 132 valence electrons. The number of hydrogen-bond acceptors (Lipinski definition) is 6. The van der Waals surface area contributed by atoms with Crippen molar-refractivity contribution in [2.75, 3.05) is 45.3 Å². The summed E-state index contributed by atoms with van der Waals surface area (Å²) in [5.41, 5.74) is 2.00. The molecule has 2 heterocycles. The van der Waals surface area contributed by atoms with Gasteiger partial charge in [-0.15, -0.1) is 0 Å². The predicted octanol–water partition coefficient (Wildman–Crippen LogP) is 2.65. The Hall–Kier alpha value is -2.76. The molecule has 0 amide bonds. The summed E-state index contributed by atoms with van der Waals surface area (Å²) < 4.78 is 10.7. The van der Waals surface area contributed by atoms with Crippen molar-refractivity contribution in [1.82, 2.24) is 9.99 Å². The van der Waals surface area contributed by atoms with E-state index in [4.69, 9.17) is 14.6 Å². The van der Waals surface area contributed by atoms with Crippen LogP contribution in [0.25, 0.3) is 0 Å². The second-order valence-electron chi connectivity index (χ2n) is 5.88. The number of anilines is 1. The quantitative estimate of drug-likeness (QED) is 0.783. The Morgan fingerprint density at radius 1 is 1.00 bits per heavy atom. The second kappa shape index (κ2) is 7.88. The molecule has 25 heavy (non-hydrogen) atoms. The lowest BCUT2D eigenvalue weighted by atomic mass is 10.1. The number of piperazine rings is 1. The smallest absolute Gasteiger partial charge is 0.161 e. The number of hydrogen-bond donors (Lipinski definition) is 0. The van der Waals surface area contributed by atoms with Crippen LogP contribution in [0.3, 0.4) is 0 Å². The van der Waals surface area contributed by atoms with Crippen molar-refractivity contribution in [1.29, 1.82) is 0 Å². The minimum Gasteiger partial charge on any atom is -0.493 e. The van der Waals surface area contributed by atoms with Crippen molar-refractivity contribution in [3.63, 3.8) is 0 Å². The zero-order valence-corrected chi connectivity index (χ0v) is 15.0. The van der Waals surface area contributed by atoms with Crippen LogP contribution >= 0.6 is 0 Å². The summed E-state index contributed by atoms with van der Waals surface area (Å²) in [6.07, 6.45) is 1.83. The van der Waals surface area contributed by atoms with Gasteiger partial charge in [0.25, 0.3) is 0 Å². The van der Waals surface area contributed by atoms with Gasteiger partial charge in [0.1, 0.15) is 5.82 Å². The van der Waals surface area contributed by atoms with E-state index in [0.717, 1.165) is 54.8 Å². The molecule has 1 aromatic carbocycles. The molecule has 0 aliphatic carbocycles. The highest BCUT2D eigenvalue weighted by Crippen LogP contribution is 2.27. The van der Waals surface area contributed by atoms with Crippen LogP contribution in [-0.4, -0.2) is 56.1 Å². The molecule has 0 unspecified atom stereocenters. The number of aromatic nitrogens is 1. The van der Waals surface area contributed by atoms with Gasteiger partial charge in [-0.2, -0.15) is 5.10 Å². The van der Waals surface area contributed by atoms with Gasteiger partial charge < -0.3 is 14.4 Å². The van der Waals surface area contributed by atoms with E-state index in [2.05, 4.69) is 14.9 Å². The number of methoxy groups -OCH3 is 2. The Morgan fingerprint density at radius 3 is 2.40 bits per heavy atom. The minimum absolute atomic E-state index is 0.717. The Balaban J connectivity index is 1.66. The van der Waals surface area contributed by atoms with Crippen LogP contribution < -0.4 is 14.4 Å². The third-order valence-electron chi connectivity index (χ3n) is 4.32. The molecular weight excluding hydrogens is 316 g/mol. The fraction of sp³-hybridized carbons (Fsp3) is 0.368. The van der Waals surface area contributed by atoms with Crippen LogP contribution in [-0.2, 0) is 0 Å². The number of nitrogens with zero attached hydrogens (tertiary/aromatic N) is 4. The Kier molecular flexibility index (Phi) is 5.38. The number of rotatable bonds is 5. The normalized spacial score (nSPS) is 15.2. The zero-order chi connectivity index (χ0) is 17.6. The average Bonchev–Trinajstić information content (AvgIpc) is 2.68. The summed E-state index contributed by atoms with van der Waals surface area (Å²) >= 11 is 0. The average molecular weight is 340 g/mol. The molecule has 0 saturated carbocycles. The Morgan fingerprint density at radius 2 is 1.76 bits per heavy atom. The van der Waals surface area contributed by atoms with Crippen LogP contribution in [0.2, 0.25) is 0 Å². The van der Waals surface area contributed by atoms with Crippen molar-refractivity contribution in [3.8, 4) is 11.5 Å². The molecule has 1 aliphatic rings. The number of benzene rings is 1. The van der Waals surface area contributed by atoms with Crippen molar-refractivity contribution < 1.29 is 9.47 Å². The Labute approximate surface area is 148 Å². The molecule has 0 N–H and O–H groups in total. The van der Waals surface area contributed by atoms with Gasteiger partial charge in [0.15, 0.2) is 11.5 Å². The minimum atomic E-state index is 0.717. The van der Waals surface area contributed by atoms with Crippen LogP contribution in [0.5, 0.6) is 11.5 Å². The molecule has 6 nitrogen and oxygen atoms in total.